The molecule has 2 aromatic rings. The molecule has 1 aromatic carbocycles. The van der Waals surface area contributed by atoms with Crippen LogP contribution in [0.25, 0.3) is 11.3 Å². The standard InChI is InChI=1S/C12H12N2OS/c1-16-10-5-3-2-4-8(10)11-9-6-7-13-12(9)15-14-11/h2-5,13H,6-7H2,1H3. The van der Waals surface area contributed by atoms with Crippen molar-refractivity contribution in [2.75, 3.05) is 18.1 Å². The fraction of sp³-hybridized carbons (Fsp3) is 0.250. The summed E-state index contributed by atoms with van der Waals surface area (Å²) >= 11 is 1.74. The van der Waals surface area contributed by atoms with E-state index in [0.29, 0.717) is 0 Å². The molecule has 0 saturated heterocycles. The molecule has 2 heterocycles. The normalized spacial score (nSPS) is 13.6. The van der Waals surface area contributed by atoms with Gasteiger partial charge in [0.2, 0.25) is 5.88 Å². The molecule has 4 heteroatoms. The minimum absolute atomic E-state index is 0.839. The van der Waals surface area contributed by atoms with E-state index in [2.05, 4.69) is 28.9 Å². The topological polar surface area (TPSA) is 38.1 Å². The third-order valence-corrected chi connectivity index (χ3v) is 3.61. The third-order valence-electron chi connectivity index (χ3n) is 2.81. The van der Waals surface area contributed by atoms with E-state index in [0.717, 1.165) is 24.5 Å². The van der Waals surface area contributed by atoms with Crippen LogP contribution in [0.15, 0.2) is 33.7 Å². The van der Waals surface area contributed by atoms with Gasteiger partial charge in [-0.05, 0) is 18.7 Å². The Morgan fingerprint density at radius 1 is 1.38 bits per heavy atom. The average Bonchev–Trinajstić information content (AvgIpc) is 2.91. The molecule has 3 rings (SSSR count). The minimum atomic E-state index is 0.839. The minimum Gasteiger partial charge on any atom is -0.353 e. The van der Waals surface area contributed by atoms with E-state index in [4.69, 9.17) is 4.52 Å². The molecule has 0 aliphatic carbocycles. The van der Waals surface area contributed by atoms with Gasteiger partial charge in [0.1, 0.15) is 5.69 Å². The highest BCUT2D eigenvalue weighted by molar-refractivity contribution is 7.98. The number of nitrogens with one attached hydrogen (secondary N) is 1. The van der Waals surface area contributed by atoms with Crippen molar-refractivity contribution in [2.45, 2.75) is 11.3 Å². The van der Waals surface area contributed by atoms with Gasteiger partial charge in [0.15, 0.2) is 0 Å². The number of hydrogen-bond acceptors (Lipinski definition) is 4. The van der Waals surface area contributed by atoms with Crippen molar-refractivity contribution in [1.82, 2.24) is 5.16 Å². The number of rotatable bonds is 2. The Balaban J connectivity index is 2.15. The molecule has 0 spiro atoms. The molecule has 1 N–H and O–H groups in total. The zero-order valence-corrected chi connectivity index (χ0v) is 9.80. The van der Waals surface area contributed by atoms with Gasteiger partial charge in [-0.2, -0.15) is 0 Å². The summed E-state index contributed by atoms with van der Waals surface area (Å²) in [5.74, 6) is 0.839. The van der Waals surface area contributed by atoms with Crippen LogP contribution in [-0.2, 0) is 6.42 Å². The lowest BCUT2D eigenvalue weighted by Crippen LogP contribution is -1.93. The van der Waals surface area contributed by atoms with Gasteiger partial charge in [-0.25, -0.2) is 0 Å². The maximum absolute atomic E-state index is 5.29. The summed E-state index contributed by atoms with van der Waals surface area (Å²) in [4.78, 5) is 1.24. The molecular weight excluding hydrogens is 220 g/mol. The van der Waals surface area contributed by atoms with Gasteiger partial charge in [0.05, 0.1) is 0 Å². The van der Waals surface area contributed by atoms with Gasteiger partial charge in [0, 0.05) is 22.6 Å². The molecule has 1 aliphatic heterocycles. The quantitative estimate of drug-likeness (QED) is 0.808. The molecule has 0 radical (unpaired) electrons. The van der Waals surface area contributed by atoms with Crippen LogP contribution < -0.4 is 5.32 Å². The predicted octanol–water partition coefficient (Wildman–Crippen LogP) is 3.03. The SMILES string of the molecule is CSc1ccccc1-c1noc2c1CCN2. The molecule has 3 nitrogen and oxygen atoms in total. The first-order valence-electron chi connectivity index (χ1n) is 5.26. The zero-order chi connectivity index (χ0) is 11.0. The number of anilines is 1. The first kappa shape index (κ1) is 9.78. The van der Waals surface area contributed by atoms with Crippen LogP contribution in [0.3, 0.4) is 0 Å². The van der Waals surface area contributed by atoms with Crippen LogP contribution in [0, 0.1) is 0 Å². The molecule has 82 valence electrons. The molecule has 0 atom stereocenters. The lowest BCUT2D eigenvalue weighted by molar-refractivity contribution is 0.436. The second-order valence-corrected chi connectivity index (χ2v) is 4.56. The van der Waals surface area contributed by atoms with Crippen LogP contribution in [0.5, 0.6) is 0 Å². The van der Waals surface area contributed by atoms with Gasteiger partial charge in [0.25, 0.3) is 0 Å². The Morgan fingerprint density at radius 3 is 3.12 bits per heavy atom. The molecular formula is C12H12N2OS. The molecule has 0 unspecified atom stereocenters. The van der Waals surface area contributed by atoms with Crippen LogP contribution in [0.2, 0.25) is 0 Å². The molecule has 16 heavy (non-hydrogen) atoms. The Hall–Kier alpha value is -1.42. The zero-order valence-electron chi connectivity index (χ0n) is 8.99. The summed E-state index contributed by atoms with van der Waals surface area (Å²) in [6, 6.07) is 8.30. The fourth-order valence-corrected chi connectivity index (χ4v) is 2.63. The van der Waals surface area contributed by atoms with Crippen LogP contribution >= 0.6 is 11.8 Å². The highest BCUT2D eigenvalue weighted by Gasteiger charge is 2.22. The van der Waals surface area contributed by atoms with Crippen molar-refractivity contribution in [1.29, 1.82) is 0 Å². The second kappa shape index (κ2) is 3.87. The average molecular weight is 232 g/mol. The lowest BCUT2D eigenvalue weighted by Gasteiger charge is -2.04. The summed E-state index contributed by atoms with van der Waals surface area (Å²) in [6.45, 7) is 0.950. The molecule has 1 aromatic heterocycles. The van der Waals surface area contributed by atoms with E-state index >= 15 is 0 Å². The van der Waals surface area contributed by atoms with Crippen molar-refractivity contribution in [3.8, 4) is 11.3 Å². The van der Waals surface area contributed by atoms with E-state index in [1.807, 2.05) is 12.1 Å². The van der Waals surface area contributed by atoms with Crippen LogP contribution in [0.4, 0.5) is 5.88 Å². The van der Waals surface area contributed by atoms with Crippen LogP contribution in [0.1, 0.15) is 5.56 Å². The Labute approximate surface area is 98.2 Å². The van der Waals surface area contributed by atoms with E-state index in [1.54, 1.807) is 11.8 Å². The monoisotopic (exact) mass is 232 g/mol. The first-order chi connectivity index (χ1) is 7.90. The number of hydrogen-bond donors (Lipinski definition) is 1. The van der Waals surface area contributed by atoms with Crippen LogP contribution in [-0.4, -0.2) is 18.0 Å². The highest BCUT2D eigenvalue weighted by Crippen LogP contribution is 2.36. The number of nitrogens with zero attached hydrogens (tertiary/aromatic N) is 1. The Morgan fingerprint density at radius 2 is 2.25 bits per heavy atom. The molecule has 1 aliphatic rings. The highest BCUT2D eigenvalue weighted by atomic mass is 32.2. The molecule has 0 saturated carbocycles. The third kappa shape index (κ3) is 1.41. The summed E-state index contributed by atoms with van der Waals surface area (Å²) in [5.41, 5.74) is 3.37. The van der Waals surface area contributed by atoms with Gasteiger partial charge in [-0.3, -0.25) is 0 Å². The van der Waals surface area contributed by atoms with Gasteiger partial charge in [-0.15, -0.1) is 11.8 Å². The van der Waals surface area contributed by atoms with Crippen molar-refractivity contribution < 1.29 is 4.52 Å². The summed E-state index contributed by atoms with van der Waals surface area (Å²) < 4.78 is 5.29. The fourth-order valence-electron chi connectivity index (χ4n) is 2.03. The molecule has 0 bridgehead atoms. The van der Waals surface area contributed by atoms with E-state index in [9.17, 15) is 0 Å². The number of fused-ring (bicyclic) bond motifs is 1. The maximum Gasteiger partial charge on any atom is 0.228 e. The number of aromatic nitrogens is 1. The van der Waals surface area contributed by atoms with Crippen molar-refractivity contribution in [3.05, 3.63) is 29.8 Å². The Bertz CT molecular complexity index is 521. The predicted molar refractivity (Wildman–Crippen MR) is 65.9 cm³/mol. The number of thioether (sulfide) groups is 1. The summed E-state index contributed by atoms with van der Waals surface area (Å²) in [7, 11) is 0. The van der Waals surface area contributed by atoms with Gasteiger partial charge < -0.3 is 9.84 Å². The molecule has 0 fully saturated rings. The maximum atomic E-state index is 5.29. The van der Waals surface area contributed by atoms with Gasteiger partial charge in [-0.1, -0.05) is 23.4 Å². The van der Waals surface area contributed by atoms with E-state index in [1.165, 1.54) is 16.0 Å². The van der Waals surface area contributed by atoms with Crippen molar-refractivity contribution in [2.24, 2.45) is 0 Å². The summed E-state index contributed by atoms with van der Waals surface area (Å²) in [5, 5.41) is 7.36. The van der Waals surface area contributed by atoms with E-state index < -0.39 is 0 Å². The van der Waals surface area contributed by atoms with E-state index in [-0.39, 0.29) is 0 Å². The summed E-state index contributed by atoms with van der Waals surface area (Å²) in [6.07, 6.45) is 3.08. The smallest absolute Gasteiger partial charge is 0.228 e. The first-order valence-corrected chi connectivity index (χ1v) is 6.48. The number of benzene rings is 1. The van der Waals surface area contributed by atoms with Crippen molar-refractivity contribution in [3.63, 3.8) is 0 Å². The molecule has 0 amide bonds. The lowest BCUT2D eigenvalue weighted by atomic mass is 10.1. The van der Waals surface area contributed by atoms with Crippen molar-refractivity contribution >= 4 is 17.6 Å². The Kier molecular flexibility index (Phi) is 2.36. The second-order valence-electron chi connectivity index (χ2n) is 3.72. The van der Waals surface area contributed by atoms with Gasteiger partial charge >= 0.3 is 0 Å². The largest absolute Gasteiger partial charge is 0.353 e.